The van der Waals surface area contributed by atoms with E-state index in [0.717, 1.165) is 30.5 Å². The molecule has 0 radical (unpaired) electrons. The number of hydrogen-bond donors (Lipinski definition) is 2. The highest BCUT2D eigenvalue weighted by Gasteiger charge is 2.34. The Labute approximate surface area is 223 Å². The molecule has 204 valence electrons. The molecule has 10 heteroatoms. The van der Waals surface area contributed by atoms with Crippen LogP contribution >= 0.6 is 0 Å². The van der Waals surface area contributed by atoms with Crippen LogP contribution in [0, 0.1) is 29.9 Å². The molecular weight excluding hydrogens is 514 g/mol. The summed E-state index contributed by atoms with van der Waals surface area (Å²) in [6.45, 7) is -0.424. The van der Waals surface area contributed by atoms with Crippen LogP contribution < -0.4 is 10.1 Å². The maximum atomic E-state index is 13.9. The van der Waals surface area contributed by atoms with E-state index >= 15 is 0 Å². The van der Waals surface area contributed by atoms with E-state index in [1.165, 1.54) is 18.2 Å². The van der Waals surface area contributed by atoms with Crippen LogP contribution in [0.15, 0.2) is 54.6 Å². The van der Waals surface area contributed by atoms with E-state index in [1.54, 1.807) is 36.1 Å². The molecule has 1 atom stereocenters. The van der Waals surface area contributed by atoms with Crippen LogP contribution in [-0.4, -0.2) is 36.6 Å². The summed E-state index contributed by atoms with van der Waals surface area (Å²) < 4.78 is 63.8. The van der Waals surface area contributed by atoms with Gasteiger partial charge in [-0.2, -0.15) is 8.78 Å². The van der Waals surface area contributed by atoms with Crippen LogP contribution in [0.3, 0.4) is 0 Å². The smallest absolute Gasteiger partial charge is 0.387 e. The number of halogens is 4. The van der Waals surface area contributed by atoms with Crippen molar-refractivity contribution >= 4 is 11.9 Å². The molecule has 1 heterocycles. The molecule has 1 aliphatic heterocycles. The Morgan fingerprint density at radius 3 is 2.59 bits per heavy atom. The van der Waals surface area contributed by atoms with Gasteiger partial charge in [0.1, 0.15) is 24.0 Å². The van der Waals surface area contributed by atoms with Gasteiger partial charge in [0.25, 0.3) is 11.9 Å². The topological polar surface area (TPSA) is 74.7 Å². The van der Waals surface area contributed by atoms with Crippen molar-refractivity contribution in [2.45, 2.75) is 39.0 Å². The highest BCUT2D eigenvalue weighted by Crippen LogP contribution is 2.41. The summed E-state index contributed by atoms with van der Waals surface area (Å²) in [4.78, 5) is 15.3. The number of rotatable bonds is 9. The number of amidine groups is 1. The first-order valence-corrected chi connectivity index (χ1v) is 12.6. The first kappa shape index (κ1) is 26.5. The van der Waals surface area contributed by atoms with Gasteiger partial charge in [-0.3, -0.25) is 10.2 Å². The van der Waals surface area contributed by atoms with Crippen molar-refractivity contribution in [3.63, 3.8) is 0 Å². The summed E-state index contributed by atoms with van der Waals surface area (Å²) in [5.41, 5.74) is 2.73. The molecule has 5 rings (SSSR count). The van der Waals surface area contributed by atoms with Crippen molar-refractivity contribution in [2.24, 2.45) is 5.92 Å². The van der Waals surface area contributed by atoms with Gasteiger partial charge in [-0.05, 0) is 84.3 Å². The summed E-state index contributed by atoms with van der Waals surface area (Å²) >= 11 is 0. The van der Waals surface area contributed by atoms with Crippen molar-refractivity contribution in [3.8, 4) is 16.9 Å². The average molecular weight is 542 g/mol. The number of benzene rings is 3. The Morgan fingerprint density at radius 2 is 1.92 bits per heavy atom. The van der Waals surface area contributed by atoms with Crippen LogP contribution in [-0.2, 0) is 11.3 Å². The largest absolute Gasteiger partial charge is 0.463 e. The number of nitrogens with zero attached hydrogens (tertiary/aromatic N) is 1. The van der Waals surface area contributed by atoms with Crippen LogP contribution in [0.4, 0.5) is 17.6 Å². The highest BCUT2D eigenvalue weighted by molar-refractivity contribution is 5.96. The van der Waals surface area contributed by atoms with Crippen molar-refractivity contribution in [3.05, 3.63) is 88.5 Å². The molecule has 1 amide bonds. The van der Waals surface area contributed by atoms with Crippen LogP contribution in [0.25, 0.3) is 11.1 Å². The van der Waals surface area contributed by atoms with E-state index in [4.69, 9.17) is 10.1 Å². The molecule has 2 aliphatic rings. The zero-order chi connectivity index (χ0) is 27.7. The Hall–Kier alpha value is -4.08. The number of carbonyl (C=O) groups excluding carboxylic acids is 1. The van der Waals surface area contributed by atoms with Crippen LogP contribution in [0.1, 0.15) is 45.9 Å². The predicted octanol–water partition coefficient (Wildman–Crippen LogP) is 6.19. The average Bonchev–Trinajstić information content (AvgIpc) is 3.65. The van der Waals surface area contributed by atoms with Gasteiger partial charge >= 0.3 is 6.61 Å². The SMILES string of the molecule is Cc1cc(C(NC(=O)c2cc(CN3CCOC3=N)cc(-c3ccc(F)cc3OC(F)F)c2)C2CC2)ccc1F. The molecule has 1 saturated heterocycles. The number of amides is 1. The monoisotopic (exact) mass is 541 g/mol. The van der Waals surface area contributed by atoms with Gasteiger partial charge in [-0.1, -0.05) is 12.1 Å². The van der Waals surface area contributed by atoms with Gasteiger partial charge in [0, 0.05) is 23.7 Å². The molecule has 1 unspecified atom stereocenters. The third kappa shape index (κ3) is 6.16. The zero-order valence-electron chi connectivity index (χ0n) is 21.1. The van der Waals surface area contributed by atoms with Gasteiger partial charge in [-0.25, -0.2) is 8.78 Å². The van der Waals surface area contributed by atoms with Crippen LogP contribution in [0.2, 0.25) is 0 Å². The first-order chi connectivity index (χ1) is 18.7. The summed E-state index contributed by atoms with van der Waals surface area (Å²) in [6, 6.07) is 12.7. The maximum absolute atomic E-state index is 13.9. The number of nitrogens with one attached hydrogen (secondary N) is 2. The van der Waals surface area contributed by atoms with Gasteiger partial charge in [0.2, 0.25) is 0 Å². The fourth-order valence-electron chi connectivity index (χ4n) is 4.80. The fraction of sp³-hybridized carbons (Fsp3) is 0.310. The summed E-state index contributed by atoms with van der Waals surface area (Å²) in [7, 11) is 0. The van der Waals surface area contributed by atoms with E-state index in [2.05, 4.69) is 10.1 Å². The molecular formula is C29H27F4N3O3. The Morgan fingerprint density at radius 1 is 1.13 bits per heavy atom. The summed E-state index contributed by atoms with van der Waals surface area (Å²) in [5, 5.41) is 11.0. The third-order valence-electron chi connectivity index (χ3n) is 6.91. The lowest BCUT2D eigenvalue weighted by atomic mass is 9.96. The van der Waals surface area contributed by atoms with Crippen molar-refractivity contribution in [1.82, 2.24) is 10.2 Å². The lowest BCUT2D eigenvalue weighted by molar-refractivity contribution is -0.0496. The Kier molecular flexibility index (Phi) is 7.45. The minimum Gasteiger partial charge on any atom is -0.463 e. The molecule has 1 aliphatic carbocycles. The van der Waals surface area contributed by atoms with E-state index in [-0.39, 0.29) is 47.2 Å². The second-order valence-corrected chi connectivity index (χ2v) is 9.81. The minimum absolute atomic E-state index is 0.00427. The molecule has 3 aromatic carbocycles. The third-order valence-corrected chi connectivity index (χ3v) is 6.91. The fourth-order valence-corrected chi connectivity index (χ4v) is 4.80. The molecule has 0 aromatic heterocycles. The summed E-state index contributed by atoms with van der Waals surface area (Å²) in [5.74, 6) is -1.61. The number of hydrogen-bond acceptors (Lipinski definition) is 4. The van der Waals surface area contributed by atoms with E-state index in [1.807, 2.05) is 0 Å². The molecule has 6 nitrogen and oxygen atoms in total. The summed E-state index contributed by atoms with van der Waals surface area (Å²) in [6.07, 6.45) is 1.85. The van der Waals surface area contributed by atoms with E-state index < -0.39 is 18.3 Å². The minimum atomic E-state index is -3.17. The molecule has 3 aromatic rings. The van der Waals surface area contributed by atoms with Crippen molar-refractivity contribution in [2.75, 3.05) is 13.2 Å². The number of carbonyl (C=O) groups is 1. The zero-order valence-corrected chi connectivity index (χ0v) is 21.1. The van der Waals surface area contributed by atoms with Crippen molar-refractivity contribution < 1.29 is 31.8 Å². The molecule has 2 fully saturated rings. The lowest BCUT2D eigenvalue weighted by Gasteiger charge is -2.21. The second-order valence-electron chi connectivity index (χ2n) is 9.81. The first-order valence-electron chi connectivity index (χ1n) is 12.6. The standard InChI is InChI=1S/C29H27F4N3O3/c1-16-10-19(4-7-24(16)31)26(18-2-3-18)35-27(37)21-12-17(15-36-8-9-38-29(36)34)11-20(13-21)23-6-5-22(30)14-25(23)39-28(32)33/h4-7,10-14,18,26,28,34H,2-3,8-9,15H2,1H3,(H,35,37). The van der Waals surface area contributed by atoms with Gasteiger partial charge in [0.15, 0.2) is 0 Å². The predicted molar refractivity (Wildman–Crippen MR) is 137 cm³/mol. The molecule has 0 spiro atoms. The van der Waals surface area contributed by atoms with Gasteiger partial charge < -0.3 is 19.7 Å². The lowest BCUT2D eigenvalue weighted by Crippen LogP contribution is -2.30. The maximum Gasteiger partial charge on any atom is 0.387 e. The normalized spacial score (nSPS) is 15.8. The van der Waals surface area contributed by atoms with Gasteiger partial charge in [-0.15, -0.1) is 0 Å². The molecule has 1 saturated carbocycles. The highest BCUT2D eigenvalue weighted by atomic mass is 19.3. The Balaban J connectivity index is 1.51. The number of ether oxygens (including phenoxy) is 2. The number of alkyl halides is 2. The Bertz CT molecular complexity index is 1410. The quantitative estimate of drug-likeness (QED) is 0.317. The van der Waals surface area contributed by atoms with E-state index in [9.17, 15) is 22.4 Å². The molecule has 39 heavy (non-hydrogen) atoms. The second kappa shape index (κ2) is 11.0. The van der Waals surface area contributed by atoms with Gasteiger partial charge in [0.05, 0.1) is 12.6 Å². The molecule has 0 bridgehead atoms. The number of aryl methyl sites for hydroxylation is 1. The molecule has 2 N–H and O–H groups in total. The van der Waals surface area contributed by atoms with E-state index in [0.29, 0.717) is 29.8 Å². The van der Waals surface area contributed by atoms with Crippen molar-refractivity contribution in [1.29, 1.82) is 5.41 Å². The van der Waals surface area contributed by atoms with Crippen LogP contribution in [0.5, 0.6) is 5.75 Å².